The smallest absolute Gasteiger partial charge is 0.233 e. The summed E-state index contributed by atoms with van der Waals surface area (Å²) in [6.45, 7) is 1.92. The predicted molar refractivity (Wildman–Crippen MR) is 64.9 cm³/mol. The average Bonchev–Trinajstić information content (AvgIpc) is 2.76. The summed E-state index contributed by atoms with van der Waals surface area (Å²) < 4.78 is 5.88. The van der Waals surface area contributed by atoms with Gasteiger partial charge in [0.25, 0.3) is 0 Å². The highest BCUT2D eigenvalue weighted by Gasteiger charge is 2.23. The number of benzene rings is 1. The fraction of sp³-hybridized carbons (Fsp3) is 0.286. The van der Waals surface area contributed by atoms with Gasteiger partial charge in [0.1, 0.15) is 6.10 Å². The van der Waals surface area contributed by atoms with Crippen LogP contribution in [0.4, 0.5) is 0 Å². The molecule has 1 aromatic heterocycles. The van der Waals surface area contributed by atoms with Crippen LogP contribution >= 0.6 is 0 Å². The third-order valence-electron chi connectivity index (χ3n) is 3.11. The standard InChI is InChI=1S/C14H14N2O/c1-10-6-9-14(16-15-10)17-13-8-7-11-4-2-3-5-12(11)13/h2-6,9,13H,7-8H2,1H3. The van der Waals surface area contributed by atoms with E-state index in [1.807, 2.05) is 19.1 Å². The zero-order valence-electron chi connectivity index (χ0n) is 9.76. The Hall–Kier alpha value is -1.90. The molecule has 0 aliphatic heterocycles. The van der Waals surface area contributed by atoms with Crippen LogP contribution in [-0.4, -0.2) is 10.2 Å². The van der Waals surface area contributed by atoms with Gasteiger partial charge in [0.15, 0.2) is 0 Å². The largest absolute Gasteiger partial charge is 0.468 e. The first-order chi connectivity index (χ1) is 8.33. The second kappa shape index (κ2) is 4.17. The molecule has 0 fully saturated rings. The van der Waals surface area contributed by atoms with Crippen LogP contribution < -0.4 is 4.74 Å². The van der Waals surface area contributed by atoms with Gasteiger partial charge in [0, 0.05) is 6.07 Å². The van der Waals surface area contributed by atoms with Crippen LogP contribution in [0.25, 0.3) is 0 Å². The van der Waals surface area contributed by atoms with Crippen molar-refractivity contribution < 1.29 is 4.74 Å². The monoisotopic (exact) mass is 226 g/mol. The van der Waals surface area contributed by atoms with Crippen molar-refractivity contribution in [3.8, 4) is 5.88 Å². The highest BCUT2D eigenvalue weighted by Crippen LogP contribution is 2.33. The molecule has 0 saturated carbocycles. The van der Waals surface area contributed by atoms with Crippen LogP contribution in [0, 0.1) is 6.92 Å². The average molecular weight is 226 g/mol. The molecule has 0 N–H and O–H groups in total. The molecule has 3 rings (SSSR count). The number of rotatable bonds is 2. The molecule has 86 valence electrons. The Labute approximate surface area is 100 Å². The van der Waals surface area contributed by atoms with Gasteiger partial charge in [-0.25, -0.2) is 0 Å². The van der Waals surface area contributed by atoms with E-state index in [-0.39, 0.29) is 6.10 Å². The van der Waals surface area contributed by atoms with Crippen molar-refractivity contribution in [2.75, 3.05) is 0 Å². The number of fused-ring (bicyclic) bond motifs is 1. The molecular formula is C14H14N2O. The normalized spacial score (nSPS) is 17.8. The Kier molecular flexibility index (Phi) is 2.52. The predicted octanol–water partition coefficient (Wildman–Crippen LogP) is 2.85. The summed E-state index contributed by atoms with van der Waals surface area (Å²) in [6.07, 6.45) is 2.23. The lowest BCUT2D eigenvalue weighted by molar-refractivity contribution is 0.196. The van der Waals surface area contributed by atoms with Gasteiger partial charge in [-0.1, -0.05) is 24.3 Å². The van der Waals surface area contributed by atoms with E-state index < -0.39 is 0 Å². The summed E-state index contributed by atoms with van der Waals surface area (Å²) in [5.41, 5.74) is 3.58. The topological polar surface area (TPSA) is 35.0 Å². The molecule has 1 aliphatic carbocycles. The lowest BCUT2D eigenvalue weighted by Crippen LogP contribution is -2.05. The first-order valence-corrected chi connectivity index (χ1v) is 5.88. The summed E-state index contributed by atoms with van der Waals surface area (Å²) in [7, 11) is 0. The van der Waals surface area contributed by atoms with E-state index in [2.05, 4.69) is 34.5 Å². The molecule has 3 nitrogen and oxygen atoms in total. The summed E-state index contributed by atoms with van der Waals surface area (Å²) >= 11 is 0. The van der Waals surface area contributed by atoms with E-state index in [0.29, 0.717) is 5.88 Å². The Morgan fingerprint density at radius 1 is 1.12 bits per heavy atom. The minimum absolute atomic E-state index is 0.128. The first-order valence-electron chi connectivity index (χ1n) is 5.88. The zero-order valence-corrected chi connectivity index (χ0v) is 9.76. The molecule has 1 unspecified atom stereocenters. The molecule has 0 bridgehead atoms. The third-order valence-corrected chi connectivity index (χ3v) is 3.11. The van der Waals surface area contributed by atoms with Gasteiger partial charge < -0.3 is 4.74 Å². The number of aryl methyl sites for hydroxylation is 2. The second-order valence-corrected chi connectivity index (χ2v) is 4.36. The quantitative estimate of drug-likeness (QED) is 0.789. The third kappa shape index (κ3) is 2.00. The van der Waals surface area contributed by atoms with Crippen molar-refractivity contribution in [3.05, 3.63) is 53.2 Å². The van der Waals surface area contributed by atoms with Gasteiger partial charge in [-0.2, -0.15) is 5.10 Å². The van der Waals surface area contributed by atoms with E-state index in [1.165, 1.54) is 11.1 Å². The van der Waals surface area contributed by atoms with Gasteiger partial charge in [-0.05, 0) is 37.0 Å². The van der Waals surface area contributed by atoms with Gasteiger partial charge in [0.2, 0.25) is 5.88 Å². The van der Waals surface area contributed by atoms with Gasteiger partial charge in [-0.15, -0.1) is 5.10 Å². The maximum absolute atomic E-state index is 5.88. The van der Waals surface area contributed by atoms with Crippen LogP contribution in [-0.2, 0) is 6.42 Å². The Morgan fingerprint density at radius 3 is 2.82 bits per heavy atom. The summed E-state index contributed by atoms with van der Waals surface area (Å²) in [6, 6.07) is 12.2. The van der Waals surface area contributed by atoms with Crippen LogP contribution in [0.2, 0.25) is 0 Å². The Bertz CT molecular complexity index is 522. The molecule has 2 aromatic rings. The molecule has 1 aliphatic rings. The van der Waals surface area contributed by atoms with E-state index >= 15 is 0 Å². The lowest BCUT2D eigenvalue weighted by Gasteiger charge is -2.13. The molecule has 3 heteroatoms. The van der Waals surface area contributed by atoms with Crippen LogP contribution in [0.15, 0.2) is 36.4 Å². The van der Waals surface area contributed by atoms with Crippen molar-refractivity contribution in [1.82, 2.24) is 10.2 Å². The zero-order chi connectivity index (χ0) is 11.7. The minimum atomic E-state index is 0.128. The molecule has 0 saturated heterocycles. The number of nitrogens with zero attached hydrogens (tertiary/aromatic N) is 2. The fourth-order valence-corrected chi connectivity index (χ4v) is 2.24. The molecule has 1 atom stereocenters. The molecular weight excluding hydrogens is 212 g/mol. The van der Waals surface area contributed by atoms with Crippen molar-refractivity contribution in [3.63, 3.8) is 0 Å². The maximum Gasteiger partial charge on any atom is 0.233 e. The molecule has 1 heterocycles. The minimum Gasteiger partial charge on any atom is -0.468 e. The van der Waals surface area contributed by atoms with Gasteiger partial charge in [0.05, 0.1) is 5.69 Å². The van der Waals surface area contributed by atoms with Crippen LogP contribution in [0.3, 0.4) is 0 Å². The SMILES string of the molecule is Cc1ccc(OC2CCc3ccccc32)nn1. The highest BCUT2D eigenvalue weighted by atomic mass is 16.5. The number of hydrogen-bond acceptors (Lipinski definition) is 3. The van der Waals surface area contributed by atoms with Crippen molar-refractivity contribution in [1.29, 1.82) is 0 Å². The summed E-state index contributed by atoms with van der Waals surface area (Å²) in [5, 5.41) is 8.04. The molecule has 17 heavy (non-hydrogen) atoms. The van der Waals surface area contributed by atoms with E-state index in [9.17, 15) is 0 Å². The Morgan fingerprint density at radius 2 is 2.00 bits per heavy atom. The van der Waals surface area contributed by atoms with Crippen LogP contribution in [0.5, 0.6) is 5.88 Å². The lowest BCUT2D eigenvalue weighted by atomic mass is 10.1. The maximum atomic E-state index is 5.88. The second-order valence-electron chi connectivity index (χ2n) is 4.36. The number of ether oxygens (including phenoxy) is 1. The Balaban J connectivity index is 1.81. The fourth-order valence-electron chi connectivity index (χ4n) is 2.24. The highest BCUT2D eigenvalue weighted by molar-refractivity contribution is 5.34. The van der Waals surface area contributed by atoms with Crippen LogP contribution in [0.1, 0.15) is 29.3 Å². The van der Waals surface area contributed by atoms with E-state index in [0.717, 1.165) is 18.5 Å². The van der Waals surface area contributed by atoms with Gasteiger partial charge >= 0.3 is 0 Å². The van der Waals surface area contributed by atoms with E-state index in [4.69, 9.17) is 4.74 Å². The summed E-state index contributed by atoms with van der Waals surface area (Å²) in [5.74, 6) is 0.609. The number of aromatic nitrogens is 2. The van der Waals surface area contributed by atoms with Crippen molar-refractivity contribution >= 4 is 0 Å². The number of hydrogen-bond donors (Lipinski definition) is 0. The first kappa shape index (κ1) is 10.3. The molecule has 0 radical (unpaired) electrons. The van der Waals surface area contributed by atoms with Gasteiger partial charge in [-0.3, -0.25) is 0 Å². The van der Waals surface area contributed by atoms with Crippen molar-refractivity contribution in [2.24, 2.45) is 0 Å². The molecule has 0 spiro atoms. The van der Waals surface area contributed by atoms with Crippen molar-refractivity contribution in [2.45, 2.75) is 25.9 Å². The summed E-state index contributed by atoms with van der Waals surface area (Å²) in [4.78, 5) is 0. The molecule has 1 aromatic carbocycles. The molecule has 0 amide bonds. The van der Waals surface area contributed by atoms with E-state index in [1.54, 1.807) is 0 Å².